The molecule has 0 saturated carbocycles. The molecule has 0 aromatic heterocycles. The molecule has 1 N–H and O–H groups in total. The van der Waals surface area contributed by atoms with E-state index in [-0.39, 0.29) is 5.91 Å². The van der Waals surface area contributed by atoms with Crippen LogP contribution in [0.4, 0.5) is 5.69 Å². The molecule has 0 heterocycles. The fourth-order valence-electron chi connectivity index (χ4n) is 1.26. The van der Waals surface area contributed by atoms with Crippen molar-refractivity contribution >= 4 is 11.6 Å². The number of hydrogen-bond donors (Lipinski definition) is 1. The quantitative estimate of drug-likeness (QED) is 0.819. The van der Waals surface area contributed by atoms with Gasteiger partial charge in [0.2, 0.25) is 0 Å². The van der Waals surface area contributed by atoms with Gasteiger partial charge in [0.25, 0.3) is 5.91 Å². The number of nitrogens with one attached hydrogen (secondary N) is 1. The van der Waals surface area contributed by atoms with Crippen LogP contribution in [0.25, 0.3) is 0 Å². The largest absolute Gasteiger partial charge is 0.385 e. The molecule has 0 fully saturated rings. The van der Waals surface area contributed by atoms with Gasteiger partial charge in [-0.25, -0.2) is 0 Å². The second kappa shape index (κ2) is 5.39. The molecule has 0 bridgehead atoms. The van der Waals surface area contributed by atoms with Crippen molar-refractivity contribution in [2.45, 2.75) is 13.3 Å². The van der Waals surface area contributed by atoms with E-state index in [2.05, 4.69) is 12.2 Å². The summed E-state index contributed by atoms with van der Waals surface area (Å²) >= 11 is 0. The van der Waals surface area contributed by atoms with Crippen LogP contribution in [0.3, 0.4) is 0 Å². The highest BCUT2D eigenvalue weighted by Crippen LogP contribution is 2.10. The molecule has 1 amide bonds. The third-order valence-electron chi connectivity index (χ3n) is 2.12. The van der Waals surface area contributed by atoms with Crippen molar-refractivity contribution in [3.05, 3.63) is 29.8 Å². The average molecular weight is 206 g/mol. The number of carbonyl (C=O) groups is 1. The monoisotopic (exact) mass is 206 g/mol. The number of anilines is 1. The first-order valence-corrected chi connectivity index (χ1v) is 5.20. The Balaban J connectivity index is 2.68. The van der Waals surface area contributed by atoms with Gasteiger partial charge in [0.15, 0.2) is 0 Å². The number of benzene rings is 1. The summed E-state index contributed by atoms with van der Waals surface area (Å²) in [5, 5.41) is 3.26. The Morgan fingerprint density at radius 3 is 2.33 bits per heavy atom. The van der Waals surface area contributed by atoms with Crippen LogP contribution >= 0.6 is 0 Å². The van der Waals surface area contributed by atoms with Gasteiger partial charge in [-0.05, 0) is 30.7 Å². The van der Waals surface area contributed by atoms with Gasteiger partial charge in [-0.3, -0.25) is 4.79 Å². The topological polar surface area (TPSA) is 32.3 Å². The zero-order valence-electron chi connectivity index (χ0n) is 9.58. The van der Waals surface area contributed by atoms with Crippen LogP contribution < -0.4 is 5.32 Å². The minimum absolute atomic E-state index is 0.0389. The van der Waals surface area contributed by atoms with E-state index in [1.807, 2.05) is 24.3 Å². The second-order valence-electron chi connectivity index (χ2n) is 3.70. The molecule has 0 radical (unpaired) electrons. The van der Waals surface area contributed by atoms with E-state index in [0.29, 0.717) is 0 Å². The number of nitrogens with zero attached hydrogens (tertiary/aromatic N) is 1. The molecular formula is C12H18N2O. The Hall–Kier alpha value is -1.51. The van der Waals surface area contributed by atoms with Gasteiger partial charge in [-0.1, -0.05) is 6.92 Å². The van der Waals surface area contributed by atoms with Crippen molar-refractivity contribution in [1.82, 2.24) is 4.90 Å². The van der Waals surface area contributed by atoms with E-state index in [9.17, 15) is 4.79 Å². The lowest BCUT2D eigenvalue weighted by molar-refractivity contribution is 0.0827. The molecule has 0 atom stereocenters. The number of hydrogen-bond acceptors (Lipinski definition) is 2. The summed E-state index contributed by atoms with van der Waals surface area (Å²) in [5.41, 5.74) is 1.79. The molecule has 3 heteroatoms. The van der Waals surface area contributed by atoms with Crippen LogP contribution in [0, 0.1) is 0 Å². The summed E-state index contributed by atoms with van der Waals surface area (Å²) in [7, 11) is 3.51. The first kappa shape index (κ1) is 11.6. The predicted octanol–water partition coefficient (Wildman–Crippen LogP) is 2.21. The fraction of sp³-hybridized carbons (Fsp3) is 0.417. The fourth-order valence-corrected chi connectivity index (χ4v) is 1.26. The summed E-state index contributed by atoms with van der Waals surface area (Å²) < 4.78 is 0. The van der Waals surface area contributed by atoms with E-state index >= 15 is 0 Å². The maximum Gasteiger partial charge on any atom is 0.253 e. The highest BCUT2D eigenvalue weighted by atomic mass is 16.2. The number of carbonyl (C=O) groups excluding carboxylic acids is 1. The van der Waals surface area contributed by atoms with Gasteiger partial charge in [-0.15, -0.1) is 0 Å². The van der Waals surface area contributed by atoms with Gasteiger partial charge in [0.1, 0.15) is 0 Å². The van der Waals surface area contributed by atoms with Crippen LogP contribution in [0.5, 0.6) is 0 Å². The average Bonchev–Trinajstić information content (AvgIpc) is 2.26. The normalized spacial score (nSPS) is 9.80. The summed E-state index contributed by atoms with van der Waals surface area (Å²) in [6, 6.07) is 7.57. The zero-order chi connectivity index (χ0) is 11.3. The zero-order valence-corrected chi connectivity index (χ0v) is 9.58. The number of rotatable bonds is 4. The lowest BCUT2D eigenvalue weighted by Gasteiger charge is -2.11. The molecule has 82 valence electrons. The Kier molecular flexibility index (Phi) is 4.16. The SMILES string of the molecule is CCCNc1ccc(C(=O)N(C)C)cc1. The van der Waals surface area contributed by atoms with Gasteiger partial charge >= 0.3 is 0 Å². The Morgan fingerprint density at radius 1 is 1.27 bits per heavy atom. The molecule has 0 aliphatic carbocycles. The molecule has 1 aromatic carbocycles. The third-order valence-corrected chi connectivity index (χ3v) is 2.12. The van der Waals surface area contributed by atoms with Crippen LogP contribution in [0.1, 0.15) is 23.7 Å². The van der Waals surface area contributed by atoms with E-state index in [1.54, 1.807) is 19.0 Å². The molecule has 1 aromatic rings. The van der Waals surface area contributed by atoms with Gasteiger partial charge < -0.3 is 10.2 Å². The molecule has 3 nitrogen and oxygen atoms in total. The predicted molar refractivity (Wildman–Crippen MR) is 63.2 cm³/mol. The van der Waals surface area contributed by atoms with Crippen molar-refractivity contribution in [2.75, 3.05) is 26.0 Å². The van der Waals surface area contributed by atoms with Crippen molar-refractivity contribution < 1.29 is 4.79 Å². The molecule has 1 rings (SSSR count). The Labute approximate surface area is 91.1 Å². The second-order valence-corrected chi connectivity index (χ2v) is 3.70. The molecular weight excluding hydrogens is 188 g/mol. The highest BCUT2D eigenvalue weighted by molar-refractivity contribution is 5.94. The standard InChI is InChI=1S/C12H18N2O/c1-4-9-13-11-7-5-10(6-8-11)12(15)14(2)3/h5-8,13H,4,9H2,1-3H3. The molecule has 0 aliphatic rings. The van der Waals surface area contributed by atoms with E-state index < -0.39 is 0 Å². The smallest absolute Gasteiger partial charge is 0.253 e. The first-order chi connectivity index (χ1) is 7.15. The van der Waals surface area contributed by atoms with E-state index in [0.717, 1.165) is 24.2 Å². The molecule has 0 saturated heterocycles. The summed E-state index contributed by atoms with van der Waals surface area (Å²) in [5.74, 6) is 0.0389. The Morgan fingerprint density at radius 2 is 1.87 bits per heavy atom. The summed E-state index contributed by atoms with van der Waals surface area (Å²) in [6.07, 6.45) is 1.10. The summed E-state index contributed by atoms with van der Waals surface area (Å²) in [6.45, 7) is 3.08. The van der Waals surface area contributed by atoms with Gasteiger partial charge in [0, 0.05) is 31.9 Å². The Bertz CT molecular complexity index is 317. The maximum atomic E-state index is 11.6. The van der Waals surface area contributed by atoms with Crippen LogP contribution in [-0.4, -0.2) is 31.4 Å². The molecule has 0 unspecified atom stereocenters. The van der Waals surface area contributed by atoms with Crippen molar-refractivity contribution in [1.29, 1.82) is 0 Å². The van der Waals surface area contributed by atoms with Crippen molar-refractivity contribution in [3.8, 4) is 0 Å². The van der Waals surface area contributed by atoms with E-state index in [4.69, 9.17) is 0 Å². The minimum Gasteiger partial charge on any atom is -0.385 e. The molecule has 0 aliphatic heterocycles. The van der Waals surface area contributed by atoms with Crippen LogP contribution in [0.2, 0.25) is 0 Å². The van der Waals surface area contributed by atoms with Gasteiger partial charge in [0.05, 0.1) is 0 Å². The van der Waals surface area contributed by atoms with Gasteiger partial charge in [-0.2, -0.15) is 0 Å². The van der Waals surface area contributed by atoms with Crippen LogP contribution in [-0.2, 0) is 0 Å². The summed E-state index contributed by atoms with van der Waals surface area (Å²) in [4.78, 5) is 13.2. The van der Waals surface area contributed by atoms with E-state index in [1.165, 1.54) is 0 Å². The lowest BCUT2D eigenvalue weighted by Crippen LogP contribution is -2.21. The van der Waals surface area contributed by atoms with Crippen molar-refractivity contribution in [2.24, 2.45) is 0 Å². The van der Waals surface area contributed by atoms with Crippen LogP contribution in [0.15, 0.2) is 24.3 Å². The minimum atomic E-state index is 0.0389. The molecule has 15 heavy (non-hydrogen) atoms. The first-order valence-electron chi connectivity index (χ1n) is 5.20. The lowest BCUT2D eigenvalue weighted by atomic mass is 10.2. The maximum absolute atomic E-state index is 11.6. The number of amides is 1. The molecule has 0 spiro atoms. The third kappa shape index (κ3) is 3.27. The van der Waals surface area contributed by atoms with Crippen molar-refractivity contribution in [3.63, 3.8) is 0 Å². The highest BCUT2D eigenvalue weighted by Gasteiger charge is 2.06.